The van der Waals surface area contributed by atoms with E-state index in [1.807, 2.05) is 42.5 Å². The average Bonchev–Trinajstić information content (AvgIpc) is 2.65. The Kier molecular flexibility index (Phi) is 5.69. The summed E-state index contributed by atoms with van der Waals surface area (Å²) in [6.45, 7) is 5.11. The van der Waals surface area contributed by atoms with Gasteiger partial charge in [0.05, 0.1) is 0 Å². The molecule has 3 heteroatoms. The van der Waals surface area contributed by atoms with Crippen molar-refractivity contribution in [1.82, 2.24) is 0 Å². The molecule has 26 heavy (non-hydrogen) atoms. The van der Waals surface area contributed by atoms with Crippen LogP contribution in [-0.2, 0) is 13.2 Å². The van der Waals surface area contributed by atoms with E-state index in [0.29, 0.717) is 24.5 Å². The summed E-state index contributed by atoms with van der Waals surface area (Å²) in [6, 6.07) is 22.1. The van der Waals surface area contributed by atoms with Crippen LogP contribution in [0.5, 0.6) is 11.5 Å². The highest BCUT2D eigenvalue weighted by Crippen LogP contribution is 2.24. The molecule has 0 spiro atoms. The van der Waals surface area contributed by atoms with E-state index in [4.69, 9.17) is 14.9 Å². The summed E-state index contributed by atoms with van der Waals surface area (Å²) in [4.78, 5) is 0. The first kappa shape index (κ1) is 17.7. The van der Waals surface area contributed by atoms with E-state index in [9.17, 15) is 0 Å². The van der Waals surface area contributed by atoms with Gasteiger partial charge in [0.1, 0.15) is 24.7 Å². The van der Waals surface area contributed by atoms with Gasteiger partial charge in [0.15, 0.2) is 0 Å². The summed E-state index contributed by atoms with van der Waals surface area (Å²) < 4.78 is 11.8. The molecular weight excluding hydrogens is 322 g/mol. The van der Waals surface area contributed by atoms with Gasteiger partial charge in [-0.05, 0) is 43.2 Å². The molecule has 0 radical (unpaired) electrons. The van der Waals surface area contributed by atoms with Crippen molar-refractivity contribution in [2.45, 2.75) is 27.1 Å². The standard InChI is InChI=1S/C23H23NO2/c1-17-5-3-7-19(11-17)15-25-22-9-10-23(21(13-22)14-24)26-16-20-8-4-6-18(2)12-20/h3-14,24H,15-16H2,1-2H3. The van der Waals surface area contributed by atoms with Gasteiger partial charge in [-0.3, -0.25) is 0 Å². The monoisotopic (exact) mass is 345 g/mol. The van der Waals surface area contributed by atoms with E-state index in [1.165, 1.54) is 17.3 Å². The van der Waals surface area contributed by atoms with Crippen molar-refractivity contribution in [3.8, 4) is 11.5 Å². The van der Waals surface area contributed by atoms with Crippen molar-refractivity contribution in [2.24, 2.45) is 0 Å². The molecule has 0 aromatic heterocycles. The molecule has 0 saturated heterocycles. The molecule has 3 rings (SSSR count). The molecule has 0 atom stereocenters. The summed E-state index contributed by atoms with van der Waals surface area (Å²) in [5, 5.41) is 7.66. The van der Waals surface area contributed by atoms with Gasteiger partial charge in [-0.25, -0.2) is 0 Å². The van der Waals surface area contributed by atoms with Crippen LogP contribution in [0.4, 0.5) is 0 Å². The SMILES string of the molecule is Cc1cccc(COc2ccc(OCc3cccc(C)c3)c(C=N)c2)c1. The van der Waals surface area contributed by atoms with Crippen LogP contribution < -0.4 is 9.47 Å². The van der Waals surface area contributed by atoms with Crippen LogP contribution in [-0.4, -0.2) is 6.21 Å². The first-order chi connectivity index (χ1) is 12.6. The molecule has 3 aromatic carbocycles. The highest BCUT2D eigenvalue weighted by atomic mass is 16.5. The van der Waals surface area contributed by atoms with Gasteiger partial charge in [0, 0.05) is 11.8 Å². The highest BCUT2D eigenvalue weighted by molar-refractivity contribution is 5.82. The van der Waals surface area contributed by atoms with E-state index < -0.39 is 0 Å². The van der Waals surface area contributed by atoms with Gasteiger partial charge in [0.25, 0.3) is 0 Å². The Morgan fingerprint density at radius 1 is 0.769 bits per heavy atom. The van der Waals surface area contributed by atoms with E-state index in [-0.39, 0.29) is 0 Å². The molecule has 0 aliphatic heterocycles. The molecule has 0 aliphatic carbocycles. The van der Waals surface area contributed by atoms with Gasteiger partial charge in [-0.2, -0.15) is 0 Å². The summed E-state index contributed by atoms with van der Waals surface area (Å²) in [6.07, 6.45) is 1.30. The Morgan fingerprint density at radius 3 is 1.96 bits per heavy atom. The summed E-state index contributed by atoms with van der Waals surface area (Å²) in [7, 11) is 0. The fourth-order valence-electron chi connectivity index (χ4n) is 2.79. The topological polar surface area (TPSA) is 42.3 Å². The van der Waals surface area contributed by atoms with Crippen LogP contribution in [0.2, 0.25) is 0 Å². The average molecular weight is 345 g/mol. The molecule has 0 fully saturated rings. The van der Waals surface area contributed by atoms with Crippen molar-refractivity contribution >= 4 is 6.21 Å². The third-order valence-electron chi connectivity index (χ3n) is 4.10. The van der Waals surface area contributed by atoms with Gasteiger partial charge >= 0.3 is 0 Å². The molecule has 0 amide bonds. The van der Waals surface area contributed by atoms with Gasteiger partial charge < -0.3 is 14.9 Å². The van der Waals surface area contributed by atoms with E-state index in [1.54, 1.807) is 0 Å². The molecule has 3 nitrogen and oxygen atoms in total. The predicted octanol–water partition coefficient (Wildman–Crippen LogP) is 5.46. The number of benzene rings is 3. The maximum Gasteiger partial charge on any atom is 0.128 e. The summed E-state index contributed by atoms with van der Waals surface area (Å²) >= 11 is 0. The Bertz CT molecular complexity index is 902. The molecule has 0 saturated carbocycles. The second-order valence-electron chi connectivity index (χ2n) is 6.40. The predicted molar refractivity (Wildman–Crippen MR) is 105 cm³/mol. The van der Waals surface area contributed by atoms with Crippen molar-refractivity contribution < 1.29 is 9.47 Å². The first-order valence-electron chi connectivity index (χ1n) is 8.65. The van der Waals surface area contributed by atoms with Crippen molar-refractivity contribution in [1.29, 1.82) is 5.41 Å². The van der Waals surface area contributed by atoms with E-state index in [2.05, 4.69) is 38.1 Å². The van der Waals surface area contributed by atoms with Crippen LogP contribution in [0.1, 0.15) is 27.8 Å². The van der Waals surface area contributed by atoms with Gasteiger partial charge in [-0.1, -0.05) is 59.7 Å². The zero-order chi connectivity index (χ0) is 18.4. The molecule has 0 heterocycles. The second-order valence-corrected chi connectivity index (χ2v) is 6.40. The van der Waals surface area contributed by atoms with E-state index >= 15 is 0 Å². The zero-order valence-electron chi connectivity index (χ0n) is 15.2. The summed E-state index contributed by atoms with van der Waals surface area (Å²) in [5.41, 5.74) is 5.37. The smallest absolute Gasteiger partial charge is 0.128 e. The fourth-order valence-corrected chi connectivity index (χ4v) is 2.79. The molecule has 132 valence electrons. The number of ether oxygens (including phenoxy) is 2. The summed E-state index contributed by atoms with van der Waals surface area (Å²) in [5.74, 6) is 1.41. The first-order valence-corrected chi connectivity index (χ1v) is 8.65. The van der Waals surface area contributed by atoms with Crippen LogP contribution in [0.3, 0.4) is 0 Å². The minimum absolute atomic E-state index is 0.478. The van der Waals surface area contributed by atoms with E-state index in [0.717, 1.165) is 16.9 Å². The Balaban J connectivity index is 1.66. The van der Waals surface area contributed by atoms with Crippen LogP contribution in [0.25, 0.3) is 0 Å². The second kappa shape index (κ2) is 8.34. The molecule has 1 N–H and O–H groups in total. The largest absolute Gasteiger partial charge is 0.489 e. The highest BCUT2D eigenvalue weighted by Gasteiger charge is 2.06. The number of hydrogen-bond donors (Lipinski definition) is 1. The lowest BCUT2D eigenvalue weighted by molar-refractivity contribution is 0.297. The molecule has 0 bridgehead atoms. The van der Waals surface area contributed by atoms with Gasteiger partial charge in [0.2, 0.25) is 0 Å². The molecule has 0 unspecified atom stereocenters. The number of aryl methyl sites for hydroxylation is 2. The lowest BCUT2D eigenvalue weighted by Gasteiger charge is -2.12. The lowest BCUT2D eigenvalue weighted by Crippen LogP contribution is -2.00. The number of nitrogens with one attached hydrogen (secondary N) is 1. The normalized spacial score (nSPS) is 10.4. The Hall–Kier alpha value is -3.07. The molecular formula is C23H23NO2. The van der Waals surface area contributed by atoms with Crippen LogP contribution in [0.15, 0.2) is 66.7 Å². The molecule has 0 aliphatic rings. The zero-order valence-corrected chi connectivity index (χ0v) is 15.2. The maximum absolute atomic E-state index is 7.66. The van der Waals surface area contributed by atoms with Gasteiger partial charge in [-0.15, -0.1) is 0 Å². The Labute approximate surface area is 154 Å². The van der Waals surface area contributed by atoms with Crippen LogP contribution in [0, 0.1) is 19.3 Å². The third kappa shape index (κ3) is 4.73. The van der Waals surface area contributed by atoms with Crippen molar-refractivity contribution in [2.75, 3.05) is 0 Å². The maximum atomic E-state index is 7.66. The third-order valence-corrected chi connectivity index (χ3v) is 4.10. The minimum atomic E-state index is 0.478. The number of hydrogen-bond acceptors (Lipinski definition) is 3. The number of rotatable bonds is 7. The quantitative estimate of drug-likeness (QED) is 0.578. The van der Waals surface area contributed by atoms with Crippen molar-refractivity contribution in [3.63, 3.8) is 0 Å². The minimum Gasteiger partial charge on any atom is -0.489 e. The molecule has 3 aromatic rings. The fraction of sp³-hybridized carbons (Fsp3) is 0.174. The Morgan fingerprint density at radius 2 is 1.38 bits per heavy atom. The van der Waals surface area contributed by atoms with Crippen molar-refractivity contribution in [3.05, 3.63) is 94.5 Å². The lowest BCUT2D eigenvalue weighted by atomic mass is 10.1. The van der Waals surface area contributed by atoms with Crippen LogP contribution >= 0.6 is 0 Å².